The van der Waals surface area contributed by atoms with Crippen LogP contribution in [0.5, 0.6) is 0 Å². The highest BCUT2D eigenvalue weighted by molar-refractivity contribution is 5.79. The molecule has 2 heterocycles. The van der Waals surface area contributed by atoms with Gasteiger partial charge in [-0.3, -0.25) is 4.90 Å². The number of benzene rings is 3. The van der Waals surface area contributed by atoms with Crippen LogP contribution >= 0.6 is 0 Å². The minimum atomic E-state index is -1.41. The fraction of sp³-hybridized carbons (Fsp3) is 0.323. The Morgan fingerprint density at radius 1 is 0.921 bits per heavy atom. The van der Waals surface area contributed by atoms with Gasteiger partial charge in [0.25, 0.3) is 0 Å². The first-order chi connectivity index (χ1) is 18.3. The maximum Gasteiger partial charge on any atom is 0.413 e. The van der Waals surface area contributed by atoms with Crippen LogP contribution in [0.1, 0.15) is 42.9 Å². The van der Waals surface area contributed by atoms with Gasteiger partial charge in [0, 0.05) is 32.5 Å². The summed E-state index contributed by atoms with van der Waals surface area (Å²) in [5, 5.41) is 11.5. The Bertz CT molecular complexity index is 1240. The Morgan fingerprint density at radius 2 is 1.47 bits per heavy atom. The molecule has 3 aromatic rings. The average Bonchev–Trinajstić information content (AvgIpc) is 3.09. The van der Waals surface area contributed by atoms with E-state index >= 15 is 0 Å². The zero-order valence-electron chi connectivity index (χ0n) is 21.4. The van der Waals surface area contributed by atoms with Gasteiger partial charge in [0.2, 0.25) is 0 Å². The lowest BCUT2D eigenvalue weighted by Crippen LogP contribution is -2.60. The molecule has 1 N–H and O–H groups in total. The third-order valence-corrected chi connectivity index (χ3v) is 7.84. The molecule has 198 valence electrons. The van der Waals surface area contributed by atoms with Crippen LogP contribution in [0.2, 0.25) is 0 Å². The summed E-state index contributed by atoms with van der Waals surface area (Å²) in [5.41, 5.74) is 1.22. The third kappa shape index (κ3) is 5.22. The summed E-state index contributed by atoms with van der Waals surface area (Å²) >= 11 is 0. The molecule has 0 bridgehead atoms. The molecule has 0 radical (unpaired) electrons. The van der Waals surface area contributed by atoms with Gasteiger partial charge in [-0.1, -0.05) is 60.7 Å². The number of ether oxygens (including phenoxy) is 1. The smallest absolute Gasteiger partial charge is 0.413 e. The highest BCUT2D eigenvalue weighted by atomic mass is 19.1. The van der Waals surface area contributed by atoms with Gasteiger partial charge in [-0.05, 0) is 59.9 Å². The van der Waals surface area contributed by atoms with Crippen molar-refractivity contribution in [3.8, 4) is 0 Å². The maximum atomic E-state index is 13.5. The molecule has 2 fully saturated rings. The van der Waals surface area contributed by atoms with Crippen molar-refractivity contribution in [2.45, 2.75) is 44.1 Å². The molecular weight excluding hydrogens is 486 g/mol. The number of piperidine rings is 1. The predicted molar refractivity (Wildman–Crippen MR) is 142 cm³/mol. The summed E-state index contributed by atoms with van der Waals surface area (Å²) in [7, 11) is 0. The number of amides is 1. The molecule has 0 saturated carbocycles. The molecule has 2 aliphatic heterocycles. The lowest BCUT2D eigenvalue weighted by atomic mass is 9.82. The second kappa shape index (κ2) is 10.7. The second-order valence-corrected chi connectivity index (χ2v) is 10.2. The van der Waals surface area contributed by atoms with Crippen molar-refractivity contribution in [3.63, 3.8) is 0 Å². The fourth-order valence-electron chi connectivity index (χ4n) is 5.49. The second-order valence-electron chi connectivity index (χ2n) is 10.2. The van der Waals surface area contributed by atoms with Gasteiger partial charge in [-0.25, -0.2) is 13.6 Å². The third-order valence-electron chi connectivity index (χ3n) is 7.84. The van der Waals surface area contributed by atoms with E-state index in [1.807, 2.05) is 30.3 Å². The SMILES string of the molecule is CC1(O)N(Cc2ccccc2)C(=O)OC12CCN(CCC=C(c1ccc(F)cc1)c1ccc(F)cc1)CC2. The van der Waals surface area contributed by atoms with Crippen molar-refractivity contribution < 1.29 is 23.4 Å². The molecule has 1 unspecified atom stereocenters. The first kappa shape index (κ1) is 26.1. The topological polar surface area (TPSA) is 53.0 Å². The van der Waals surface area contributed by atoms with E-state index < -0.39 is 17.4 Å². The molecule has 5 rings (SSSR count). The number of halogens is 2. The van der Waals surface area contributed by atoms with Crippen molar-refractivity contribution in [2.75, 3.05) is 19.6 Å². The lowest BCUT2D eigenvalue weighted by molar-refractivity contribution is -0.166. The van der Waals surface area contributed by atoms with Gasteiger partial charge in [0.05, 0.1) is 6.54 Å². The van der Waals surface area contributed by atoms with E-state index in [0.717, 1.165) is 35.2 Å². The molecule has 2 aliphatic rings. The number of hydrogen-bond acceptors (Lipinski definition) is 4. The summed E-state index contributed by atoms with van der Waals surface area (Å²) in [6.07, 6.45) is 3.40. The molecular formula is C31H32F2N2O3. The molecule has 0 aliphatic carbocycles. The Hall–Kier alpha value is -3.55. The van der Waals surface area contributed by atoms with Crippen LogP contribution < -0.4 is 0 Å². The van der Waals surface area contributed by atoms with Crippen molar-refractivity contribution in [2.24, 2.45) is 0 Å². The number of carbonyl (C=O) groups excluding carboxylic acids is 1. The molecule has 5 nitrogen and oxygen atoms in total. The zero-order chi connectivity index (χ0) is 26.8. The van der Waals surface area contributed by atoms with Crippen LogP contribution in [0, 0.1) is 11.6 Å². The minimum absolute atomic E-state index is 0.290. The normalized spacial score (nSPS) is 20.9. The lowest BCUT2D eigenvalue weighted by Gasteiger charge is -2.44. The van der Waals surface area contributed by atoms with Crippen LogP contribution in [0.4, 0.5) is 13.6 Å². The summed E-state index contributed by atoms with van der Waals surface area (Å²) in [6.45, 7) is 4.10. The Labute approximate surface area is 222 Å². The van der Waals surface area contributed by atoms with E-state index in [0.29, 0.717) is 32.5 Å². The number of nitrogens with zero attached hydrogens (tertiary/aromatic N) is 2. The van der Waals surface area contributed by atoms with E-state index in [-0.39, 0.29) is 11.6 Å². The van der Waals surface area contributed by atoms with Gasteiger partial charge in [0.1, 0.15) is 11.6 Å². The van der Waals surface area contributed by atoms with Gasteiger partial charge in [0.15, 0.2) is 11.3 Å². The number of likely N-dealkylation sites (tertiary alicyclic amines) is 1. The van der Waals surface area contributed by atoms with E-state index in [1.165, 1.54) is 29.2 Å². The molecule has 7 heteroatoms. The van der Waals surface area contributed by atoms with Gasteiger partial charge in [-0.2, -0.15) is 0 Å². The fourth-order valence-corrected chi connectivity index (χ4v) is 5.49. The van der Waals surface area contributed by atoms with E-state index in [2.05, 4.69) is 11.0 Å². The van der Waals surface area contributed by atoms with E-state index in [4.69, 9.17) is 4.74 Å². The zero-order valence-corrected chi connectivity index (χ0v) is 21.4. The van der Waals surface area contributed by atoms with E-state index in [9.17, 15) is 18.7 Å². The molecule has 0 aromatic heterocycles. The number of rotatable bonds is 7. The minimum Gasteiger partial charge on any atom is -0.437 e. The van der Waals surface area contributed by atoms with Crippen LogP contribution in [0.3, 0.4) is 0 Å². The number of hydrogen-bond donors (Lipinski definition) is 1. The maximum absolute atomic E-state index is 13.5. The highest BCUT2D eigenvalue weighted by Crippen LogP contribution is 2.45. The Balaban J connectivity index is 1.24. The van der Waals surface area contributed by atoms with Gasteiger partial charge >= 0.3 is 6.09 Å². The molecule has 2 saturated heterocycles. The average molecular weight is 519 g/mol. The Kier molecular flexibility index (Phi) is 7.32. The van der Waals surface area contributed by atoms with Crippen LogP contribution in [0.25, 0.3) is 5.57 Å². The van der Waals surface area contributed by atoms with Crippen LogP contribution in [-0.4, -0.2) is 52.0 Å². The summed E-state index contributed by atoms with van der Waals surface area (Å²) in [4.78, 5) is 16.5. The quantitative estimate of drug-likeness (QED) is 0.418. The first-order valence-electron chi connectivity index (χ1n) is 13.0. The van der Waals surface area contributed by atoms with Crippen molar-refractivity contribution in [3.05, 3.63) is 113 Å². The predicted octanol–water partition coefficient (Wildman–Crippen LogP) is 5.98. The van der Waals surface area contributed by atoms with Crippen LogP contribution in [0.15, 0.2) is 84.9 Å². The van der Waals surface area contributed by atoms with Gasteiger partial charge < -0.3 is 14.7 Å². The standard InChI is InChI=1S/C31H32F2N2O3/c1-30(37)31(38-29(36)35(30)22-23-6-3-2-4-7-23)17-20-34(21-18-31)19-5-8-28(24-9-13-26(32)14-10-24)25-11-15-27(33)16-12-25/h2-4,6-16,37H,5,17-22H2,1H3. The van der Waals surface area contributed by atoms with Gasteiger partial charge in [-0.15, -0.1) is 0 Å². The van der Waals surface area contributed by atoms with E-state index in [1.54, 1.807) is 31.2 Å². The number of aliphatic hydroxyl groups is 1. The summed E-state index contributed by atoms with van der Waals surface area (Å²) < 4.78 is 32.9. The highest BCUT2D eigenvalue weighted by Gasteiger charge is 2.62. The summed E-state index contributed by atoms with van der Waals surface area (Å²) in [5.74, 6) is -0.611. The van der Waals surface area contributed by atoms with Crippen molar-refractivity contribution in [1.82, 2.24) is 9.80 Å². The molecule has 38 heavy (non-hydrogen) atoms. The van der Waals surface area contributed by atoms with Crippen molar-refractivity contribution in [1.29, 1.82) is 0 Å². The van der Waals surface area contributed by atoms with Crippen molar-refractivity contribution >= 4 is 11.7 Å². The van der Waals surface area contributed by atoms with Crippen LogP contribution in [-0.2, 0) is 11.3 Å². The number of carbonyl (C=O) groups is 1. The Morgan fingerprint density at radius 3 is 2.03 bits per heavy atom. The molecule has 1 amide bonds. The molecule has 1 spiro atoms. The summed E-state index contributed by atoms with van der Waals surface area (Å²) in [6, 6.07) is 22.2. The largest absolute Gasteiger partial charge is 0.437 e. The molecule has 3 aromatic carbocycles. The monoisotopic (exact) mass is 518 g/mol. The first-order valence-corrected chi connectivity index (χ1v) is 13.0. The molecule has 1 atom stereocenters.